The number of pyridine rings is 1. The number of nitrogens with zero attached hydrogens (tertiary/aromatic N) is 5. The third-order valence-electron chi connectivity index (χ3n) is 6.07. The average Bonchev–Trinajstić information content (AvgIpc) is 3.36. The molecule has 5 aromatic rings. The van der Waals surface area contributed by atoms with Crippen molar-refractivity contribution in [3.8, 4) is 22.9 Å². The Labute approximate surface area is 223 Å². The van der Waals surface area contributed by atoms with Crippen LogP contribution in [0.5, 0.6) is 11.5 Å². The van der Waals surface area contributed by atoms with E-state index in [0.29, 0.717) is 51.3 Å². The summed E-state index contributed by atoms with van der Waals surface area (Å²) in [6.45, 7) is 2.78. The zero-order valence-electron chi connectivity index (χ0n) is 20.5. The number of aromatic amines is 1. The number of imidazole rings is 1. The third-order valence-corrected chi connectivity index (χ3v) is 6.73. The number of nitrogens with one attached hydrogen (secondary N) is 1. The second kappa shape index (κ2) is 10.6. The van der Waals surface area contributed by atoms with Crippen molar-refractivity contribution in [1.82, 2.24) is 24.5 Å². The fraction of sp³-hybridized carbons (Fsp3) is 0.185. The average molecular weight is 535 g/mol. The zero-order valence-corrected chi connectivity index (χ0v) is 22.0. The quantitative estimate of drug-likeness (QED) is 0.293. The lowest BCUT2D eigenvalue weighted by molar-refractivity contribution is 0.391. The maximum atomic E-state index is 6.40. The van der Waals surface area contributed by atoms with Crippen LogP contribution in [-0.4, -0.2) is 38.7 Å². The topological polar surface area (TPSA) is 90.2 Å². The van der Waals surface area contributed by atoms with Gasteiger partial charge in [-0.15, -0.1) is 0 Å². The van der Waals surface area contributed by atoms with E-state index >= 15 is 0 Å². The molecule has 0 aliphatic heterocycles. The van der Waals surface area contributed by atoms with Crippen molar-refractivity contribution in [1.29, 1.82) is 0 Å². The Bertz CT molecular complexity index is 1640. The molecule has 0 saturated heterocycles. The molecule has 3 aromatic heterocycles. The molecule has 0 unspecified atom stereocenters. The van der Waals surface area contributed by atoms with Crippen LogP contribution in [0.3, 0.4) is 0 Å². The molecule has 10 heteroatoms. The highest BCUT2D eigenvalue weighted by Crippen LogP contribution is 2.27. The fourth-order valence-electron chi connectivity index (χ4n) is 4.08. The molecule has 0 aliphatic carbocycles. The first-order valence-electron chi connectivity index (χ1n) is 11.5. The monoisotopic (exact) mass is 534 g/mol. The second-order valence-electron chi connectivity index (χ2n) is 8.37. The Kier molecular flexibility index (Phi) is 7.12. The van der Waals surface area contributed by atoms with Crippen molar-refractivity contribution >= 4 is 34.4 Å². The number of halogens is 2. The Hall–Kier alpha value is -3.88. The van der Waals surface area contributed by atoms with Crippen molar-refractivity contribution in [2.45, 2.75) is 20.0 Å². The maximum absolute atomic E-state index is 6.40. The van der Waals surface area contributed by atoms with Crippen LogP contribution in [0.25, 0.3) is 22.6 Å². The normalized spacial score (nSPS) is 11.8. The van der Waals surface area contributed by atoms with Gasteiger partial charge in [-0.2, -0.15) is 0 Å². The molecule has 0 amide bonds. The van der Waals surface area contributed by atoms with Crippen LogP contribution >= 0.6 is 23.2 Å². The molecule has 0 saturated carbocycles. The number of aryl methyl sites for hydroxylation is 1. The minimum absolute atomic E-state index is 0.361. The molecular formula is C27H24Cl2N6O2. The van der Waals surface area contributed by atoms with Crippen molar-refractivity contribution < 1.29 is 9.47 Å². The first-order chi connectivity index (χ1) is 18.0. The predicted octanol–water partition coefficient (Wildman–Crippen LogP) is 5.60. The maximum Gasteiger partial charge on any atom is 0.177 e. The molecular weight excluding hydrogens is 511 g/mol. The van der Waals surface area contributed by atoms with Gasteiger partial charge in [0.15, 0.2) is 11.1 Å². The minimum atomic E-state index is 0.361. The van der Waals surface area contributed by atoms with E-state index in [2.05, 4.69) is 15.0 Å². The van der Waals surface area contributed by atoms with Gasteiger partial charge in [0.2, 0.25) is 0 Å². The van der Waals surface area contributed by atoms with Crippen LogP contribution in [0.15, 0.2) is 66.2 Å². The highest BCUT2D eigenvalue weighted by molar-refractivity contribution is 6.35. The van der Waals surface area contributed by atoms with E-state index in [-0.39, 0.29) is 0 Å². The number of hydrogen-bond acceptors (Lipinski definition) is 6. The van der Waals surface area contributed by atoms with Crippen LogP contribution in [0, 0.1) is 6.92 Å². The van der Waals surface area contributed by atoms with E-state index < -0.39 is 0 Å². The summed E-state index contributed by atoms with van der Waals surface area (Å²) in [5.74, 6) is 2.13. The van der Waals surface area contributed by atoms with Gasteiger partial charge >= 0.3 is 0 Å². The fourth-order valence-corrected chi connectivity index (χ4v) is 4.56. The minimum Gasteiger partial charge on any atom is -0.497 e. The lowest BCUT2D eigenvalue weighted by Gasteiger charge is -2.10. The molecule has 8 nitrogen and oxygen atoms in total. The number of aromatic nitrogens is 5. The highest BCUT2D eigenvalue weighted by Gasteiger charge is 2.15. The SMILES string of the molecule is COc1ccc(CN=c2ncn(Cc3c(Cl)cncc3Cl)c3nc(-c4ccccc4C)[nH]c23)c(OC)c1. The van der Waals surface area contributed by atoms with Gasteiger partial charge in [-0.1, -0.05) is 47.5 Å². The molecule has 0 aliphatic rings. The molecule has 5 rings (SSSR count). The predicted molar refractivity (Wildman–Crippen MR) is 144 cm³/mol. The number of H-pyrrole nitrogens is 1. The number of benzene rings is 2. The van der Waals surface area contributed by atoms with Gasteiger partial charge in [-0.3, -0.25) is 9.98 Å². The Morgan fingerprint density at radius 1 is 1.03 bits per heavy atom. The molecule has 2 aromatic carbocycles. The highest BCUT2D eigenvalue weighted by atomic mass is 35.5. The van der Waals surface area contributed by atoms with Crippen LogP contribution < -0.4 is 15.0 Å². The summed E-state index contributed by atoms with van der Waals surface area (Å²) in [4.78, 5) is 21.9. The van der Waals surface area contributed by atoms with Gasteiger partial charge in [-0.25, -0.2) is 9.97 Å². The number of methoxy groups -OCH3 is 2. The molecule has 0 radical (unpaired) electrons. The molecule has 0 spiro atoms. The summed E-state index contributed by atoms with van der Waals surface area (Å²) in [5.41, 5.74) is 5.65. The number of ether oxygens (including phenoxy) is 2. The van der Waals surface area contributed by atoms with Crippen molar-refractivity contribution in [2.24, 2.45) is 4.99 Å². The molecule has 0 bridgehead atoms. The van der Waals surface area contributed by atoms with Gasteiger partial charge in [0, 0.05) is 35.2 Å². The van der Waals surface area contributed by atoms with Gasteiger partial charge < -0.3 is 19.0 Å². The van der Waals surface area contributed by atoms with E-state index in [9.17, 15) is 0 Å². The molecule has 188 valence electrons. The molecule has 37 heavy (non-hydrogen) atoms. The standard InChI is InChI=1S/C27H24Cl2N6O2/c1-16-6-4-5-7-19(16)25-33-24-26(31-11-17-8-9-18(36-2)10-23(17)37-3)32-15-35(27(24)34-25)14-20-21(28)12-30-13-22(20)29/h4-10,12-13,15H,11,14H2,1-3H3,(H,33,34). The summed E-state index contributed by atoms with van der Waals surface area (Å²) < 4.78 is 12.7. The van der Waals surface area contributed by atoms with Crippen LogP contribution in [0.4, 0.5) is 0 Å². The number of fused-ring (bicyclic) bond motifs is 1. The summed E-state index contributed by atoms with van der Waals surface area (Å²) in [7, 11) is 3.24. The van der Waals surface area contributed by atoms with Crippen molar-refractivity contribution in [3.05, 3.63) is 93.4 Å². The van der Waals surface area contributed by atoms with Crippen LogP contribution in [0.2, 0.25) is 10.0 Å². The van der Waals surface area contributed by atoms with E-state index in [1.165, 1.54) is 0 Å². The summed E-state index contributed by atoms with van der Waals surface area (Å²) in [5, 5.41) is 0.950. The zero-order chi connectivity index (χ0) is 25.9. The first kappa shape index (κ1) is 24.8. The van der Waals surface area contributed by atoms with Crippen molar-refractivity contribution in [2.75, 3.05) is 14.2 Å². The first-order valence-corrected chi connectivity index (χ1v) is 12.2. The van der Waals surface area contributed by atoms with Gasteiger partial charge in [0.05, 0.1) is 43.7 Å². The molecule has 0 atom stereocenters. The van der Waals surface area contributed by atoms with Gasteiger partial charge in [0.1, 0.15) is 22.8 Å². The third kappa shape index (κ3) is 5.03. The van der Waals surface area contributed by atoms with Crippen LogP contribution in [-0.2, 0) is 13.1 Å². The Morgan fingerprint density at radius 3 is 2.54 bits per heavy atom. The Morgan fingerprint density at radius 2 is 1.81 bits per heavy atom. The molecule has 3 heterocycles. The van der Waals surface area contributed by atoms with Crippen molar-refractivity contribution in [3.63, 3.8) is 0 Å². The number of hydrogen-bond donors (Lipinski definition) is 1. The lowest BCUT2D eigenvalue weighted by atomic mass is 10.1. The summed E-state index contributed by atoms with van der Waals surface area (Å²) in [6, 6.07) is 13.7. The van der Waals surface area contributed by atoms with Gasteiger partial charge in [-0.05, 0) is 24.6 Å². The summed E-state index contributed by atoms with van der Waals surface area (Å²) >= 11 is 12.8. The second-order valence-corrected chi connectivity index (χ2v) is 9.19. The van der Waals surface area contributed by atoms with E-state index in [1.807, 2.05) is 54.0 Å². The lowest BCUT2D eigenvalue weighted by Crippen LogP contribution is -2.15. The Balaban J connectivity index is 1.64. The van der Waals surface area contributed by atoms with E-state index in [1.54, 1.807) is 32.9 Å². The van der Waals surface area contributed by atoms with E-state index in [0.717, 1.165) is 28.1 Å². The smallest absolute Gasteiger partial charge is 0.177 e. The number of rotatable bonds is 7. The largest absolute Gasteiger partial charge is 0.497 e. The van der Waals surface area contributed by atoms with E-state index in [4.69, 9.17) is 42.7 Å². The summed E-state index contributed by atoms with van der Waals surface area (Å²) in [6.07, 6.45) is 4.84. The van der Waals surface area contributed by atoms with Gasteiger partial charge in [0.25, 0.3) is 0 Å². The van der Waals surface area contributed by atoms with Crippen LogP contribution in [0.1, 0.15) is 16.7 Å². The molecule has 0 fully saturated rings. The molecule has 1 N–H and O–H groups in total.